The van der Waals surface area contributed by atoms with Gasteiger partial charge in [-0.3, -0.25) is 4.98 Å². The SMILES string of the molecule is CCc1c(C(=O)O)nn(C(C)(C)C)c1Oc1cncc(CO)c1C(F)F. The molecule has 0 aliphatic heterocycles. The molecule has 0 aliphatic carbocycles. The molecule has 0 fully saturated rings. The van der Waals surface area contributed by atoms with Crippen LogP contribution in [0, 0.1) is 0 Å². The van der Waals surface area contributed by atoms with Crippen molar-refractivity contribution < 1.29 is 28.5 Å². The number of alkyl halides is 2. The Morgan fingerprint density at radius 2 is 2.00 bits per heavy atom. The maximum Gasteiger partial charge on any atom is 0.356 e. The number of aliphatic hydroxyl groups excluding tert-OH is 1. The first kappa shape index (κ1) is 19.8. The quantitative estimate of drug-likeness (QED) is 0.809. The van der Waals surface area contributed by atoms with Gasteiger partial charge in [-0.1, -0.05) is 6.92 Å². The van der Waals surface area contributed by atoms with E-state index in [9.17, 15) is 23.8 Å². The van der Waals surface area contributed by atoms with Crippen LogP contribution < -0.4 is 4.74 Å². The molecule has 9 heteroatoms. The van der Waals surface area contributed by atoms with E-state index in [2.05, 4.69) is 10.1 Å². The summed E-state index contributed by atoms with van der Waals surface area (Å²) in [4.78, 5) is 15.3. The Bertz CT molecular complexity index is 813. The van der Waals surface area contributed by atoms with Gasteiger partial charge in [-0.05, 0) is 27.2 Å². The molecule has 2 N–H and O–H groups in total. The van der Waals surface area contributed by atoms with Crippen LogP contribution in [-0.2, 0) is 18.6 Å². The fourth-order valence-corrected chi connectivity index (χ4v) is 2.54. The number of pyridine rings is 1. The lowest BCUT2D eigenvalue weighted by Gasteiger charge is -2.23. The molecule has 0 atom stereocenters. The van der Waals surface area contributed by atoms with Crippen molar-refractivity contribution in [1.29, 1.82) is 0 Å². The third-order valence-electron chi connectivity index (χ3n) is 3.76. The van der Waals surface area contributed by atoms with Crippen LogP contribution in [0.5, 0.6) is 11.6 Å². The summed E-state index contributed by atoms with van der Waals surface area (Å²) in [5.74, 6) is -1.41. The van der Waals surface area contributed by atoms with Crippen LogP contribution in [0.25, 0.3) is 0 Å². The normalized spacial score (nSPS) is 11.8. The minimum absolute atomic E-state index is 0.0594. The van der Waals surface area contributed by atoms with Crippen molar-refractivity contribution in [2.45, 2.75) is 52.7 Å². The van der Waals surface area contributed by atoms with Gasteiger partial charge >= 0.3 is 5.97 Å². The molecule has 142 valence electrons. The number of halogens is 2. The minimum Gasteiger partial charge on any atom is -0.476 e. The summed E-state index contributed by atoms with van der Waals surface area (Å²) in [6.45, 7) is 6.46. The summed E-state index contributed by atoms with van der Waals surface area (Å²) in [6.07, 6.45) is -0.367. The molecule has 2 aromatic heterocycles. The lowest BCUT2D eigenvalue weighted by atomic mass is 10.1. The zero-order valence-corrected chi connectivity index (χ0v) is 15.0. The van der Waals surface area contributed by atoms with Crippen molar-refractivity contribution in [3.8, 4) is 11.6 Å². The second-order valence-corrected chi connectivity index (χ2v) is 6.64. The number of hydrogen-bond acceptors (Lipinski definition) is 5. The summed E-state index contributed by atoms with van der Waals surface area (Å²) in [5, 5.41) is 22.8. The standard InChI is InChI=1S/C17H21F2N3O4/c1-5-10-13(16(24)25)21-22(17(2,3)4)15(10)26-11-7-20-6-9(8-23)12(11)14(18)19/h6-7,14,23H,5,8H2,1-4H3,(H,24,25). The van der Waals surface area contributed by atoms with Crippen LogP contribution >= 0.6 is 0 Å². The molecule has 0 amide bonds. The largest absolute Gasteiger partial charge is 0.476 e. The average Bonchev–Trinajstić information content (AvgIpc) is 2.93. The smallest absolute Gasteiger partial charge is 0.356 e. The van der Waals surface area contributed by atoms with E-state index in [0.29, 0.717) is 5.56 Å². The van der Waals surface area contributed by atoms with Gasteiger partial charge in [0.1, 0.15) is 0 Å². The highest BCUT2D eigenvalue weighted by molar-refractivity contribution is 5.88. The monoisotopic (exact) mass is 369 g/mol. The highest BCUT2D eigenvalue weighted by Gasteiger charge is 2.30. The predicted octanol–water partition coefficient (Wildman–Crippen LogP) is 3.52. The first-order valence-electron chi connectivity index (χ1n) is 8.01. The lowest BCUT2D eigenvalue weighted by molar-refractivity contribution is 0.0687. The molecule has 7 nitrogen and oxygen atoms in total. The fraction of sp³-hybridized carbons (Fsp3) is 0.471. The van der Waals surface area contributed by atoms with Crippen LogP contribution in [0.3, 0.4) is 0 Å². The van der Waals surface area contributed by atoms with E-state index in [1.165, 1.54) is 4.68 Å². The first-order valence-corrected chi connectivity index (χ1v) is 8.01. The number of aliphatic hydroxyl groups is 1. The van der Waals surface area contributed by atoms with Gasteiger partial charge in [0.25, 0.3) is 6.43 Å². The van der Waals surface area contributed by atoms with Gasteiger partial charge in [-0.15, -0.1) is 0 Å². The summed E-state index contributed by atoms with van der Waals surface area (Å²) in [7, 11) is 0. The number of carboxylic acids is 1. The van der Waals surface area contributed by atoms with E-state index in [-0.39, 0.29) is 29.3 Å². The van der Waals surface area contributed by atoms with Crippen molar-refractivity contribution in [3.05, 3.63) is 34.8 Å². The molecular formula is C17H21F2N3O4. The topological polar surface area (TPSA) is 97.5 Å². The summed E-state index contributed by atoms with van der Waals surface area (Å²) < 4.78 is 34.1. The molecule has 0 aromatic carbocycles. The van der Waals surface area contributed by atoms with Gasteiger partial charge in [-0.25, -0.2) is 18.3 Å². The molecule has 2 rings (SSSR count). The van der Waals surface area contributed by atoms with Gasteiger partial charge in [0.2, 0.25) is 5.88 Å². The number of ether oxygens (including phenoxy) is 1. The second kappa shape index (κ2) is 7.36. The molecule has 2 aromatic rings. The van der Waals surface area contributed by atoms with Crippen LogP contribution in [0.4, 0.5) is 8.78 Å². The van der Waals surface area contributed by atoms with Crippen LogP contribution in [-0.4, -0.2) is 30.9 Å². The van der Waals surface area contributed by atoms with Crippen molar-refractivity contribution in [2.75, 3.05) is 0 Å². The highest BCUT2D eigenvalue weighted by Crippen LogP contribution is 2.38. The minimum atomic E-state index is -2.90. The molecule has 0 saturated carbocycles. The summed E-state index contributed by atoms with van der Waals surface area (Å²) >= 11 is 0. The highest BCUT2D eigenvalue weighted by atomic mass is 19.3. The molecule has 2 heterocycles. The van der Waals surface area contributed by atoms with Crippen molar-refractivity contribution in [1.82, 2.24) is 14.8 Å². The molecular weight excluding hydrogens is 348 g/mol. The number of rotatable bonds is 6. The van der Waals surface area contributed by atoms with Crippen LogP contribution in [0.1, 0.15) is 61.3 Å². The van der Waals surface area contributed by atoms with Crippen molar-refractivity contribution in [3.63, 3.8) is 0 Å². The number of nitrogens with zero attached hydrogens (tertiary/aromatic N) is 3. The van der Waals surface area contributed by atoms with E-state index in [1.54, 1.807) is 27.7 Å². The fourth-order valence-electron chi connectivity index (χ4n) is 2.54. The molecule has 0 unspecified atom stereocenters. The Morgan fingerprint density at radius 3 is 2.46 bits per heavy atom. The van der Waals surface area contributed by atoms with E-state index >= 15 is 0 Å². The number of aromatic nitrogens is 3. The lowest BCUT2D eigenvalue weighted by Crippen LogP contribution is -2.24. The number of hydrogen-bond donors (Lipinski definition) is 2. The number of aromatic carboxylic acids is 1. The zero-order chi connectivity index (χ0) is 19.6. The van der Waals surface area contributed by atoms with Crippen LogP contribution in [0.15, 0.2) is 12.4 Å². The number of carboxylic acid groups (broad SMARTS) is 1. The van der Waals surface area contributed by atoms with Crippen LogP contribution in [0.2, 0.25) is 0 Å². The maximum atomic E-state index is 13.5. The molecule has 0 spiro atoms. The van der Waals surface area contributed by atoms with Gasteiger partial charge in [0.15, 0.2) is 11.4 Å². The Labute approximate surface area is 149 Å². The molecule has 26 heavy (non-hydrogen) atoms. The summed E-state index contributed by atoms with van der Waals surface area (Å²) in [6, 6.07) is 0. The average molecular weight is 369 g/mol. The number of carbonyl (C=O) groups is 1. The zero-order valence-electron chi connectivity index (χ0n) is 15.0. The third kappa shape index (κ3) is 3.67. The van der Waals surface area contributed by atoms with Gasteiger partial charge in [-0.2, -0.15) is 5.10 Å². The van der Waals surface area contributed by atoms with Crippen molar-refractivity contribution >= 4 is 5.97 Å². The molecule has 0 radical (unpaired) electrons. The van der Waals surface area contributed by atoms with Crippen molar-refractivity contribution in [2.24, 2.45) is 0 Å². The predicted molar refractivity (Wildman–Crippen MR) is 88.8 cm³/mol. The molecule has 0 aliphatic rings. The van der Waals surface area contributed by atoms with Gasteiger partial charge in [0.05, 0.1) is 23.9 Å². The van der Waals surface area contributed by atoms with Gasteiger partial charge < -0.3 is 14.9 Å². The maximum absolute atomic E-state index is 13.5. The first-order chi connectivity index (χ1) is 12.1. The Morgan fingerprint density at radius 1 is 1.35 bits per heavy atom. The van der Waals surface area contributed by atoms with E-state index in [4.69, 9.17) is 4.74 Å². The second-order valence-electron chi connectivity index (χ2n) is 6.64. The van der Waals surface area contributed by atoms with E-state index < -0.39 is 30.1 Å². The Hall–Kier alpha value is -2.55. The Balaban J connectivity index is 2.69. The van der Waals surface area contributed by atoms with E-state index in [1.807, 2.05) is 0 Å². The molecule has 0 saturated heterocycles. The van der Waals surface area contributed by atoms with Gasteiger partial charge in [0, 0.05) is 17.3 Å². The third-order valence-corrected chi connectivity index (χ3v) is 3.76. The van der Waals surface area contributed by atoms with E-state index in [0.717, 1.165) is 12.4 Å². The molecule has 0 bridgehead atoms. The Kier molecular flexibility index (Phi) is 5.60. The summed E-state index contributed by atoms with van der Waals surface area (Å²) in [5.41, 5.74) is -1.09.